The van der Waals surface area contributed by atoms with Crippen LogP contribution in [0, 0.1) is 17.3 Å². The second-order valence-electron chi connectivity index (χ2n) is 11.6. The zero-order valence-corrected chi connectivity index (χ0v) is 24.2. The zero-order valence-electron chi connectivity index (χ0n) is 24.2. The molecule has 1 fully saturated rings. The fourth-order valence-electron chi connectivity index (χ4n) is 5.73. The van der Waals surface area contributed by atoms with Gasteiger partial charge in [0.05, 0.1) is 23.7 Å². The molecular formula is C31H40O9. The van der Waals surface area contributed by atoms with Crippen molar-refractivity contribution in [2.45, 2.75) is 91.3 Å². The molecular weight excluding hydrogens is 516 g/mol. The maximum Gasteiger partial charge on any atom is 0.338 e. The predicted octanol–water partition coefficient (Wildman–Crippen LogP) is 3.72. The Balaban J connectivity index is 2.19. The highest BCUT2D eigenvalue weighted by Crippen LogP contribution is 2.48. The van der Waals surface area contributed by atoms with Crippen LogP contribution in [0.2, 0.25) is 0 Å². The first-order valence-electron chi connectivity index (χ1n) is 13.5. The van der Waals surface area contributed by atoms with Gasteiger partial charge in [-0.2, -0.15) is 0 Å². The molecule has 0 heterocycles. The molecule has 0 aliphatic heterocycles. The Hall–Kier alpha value is -3.30. The number of ether oxygens (including phenoxy) is 3. The molecule has 0 saturated heterocycles. The van der Waals surface area contributed by atoms with E-state index in [1.807, 2.05) is 0 Å². The highest BCUT2D eigenvalue weighted by Gasteiger charge is 2.60. The first-order chi connectivity index (χ1) is 18.6. The van der Waals surface area contributed by atoms with E-state index in [1.165, 1.54) is 26.8 Å². The van der Waals surface area contributed by atoms with Gasteiger partial charge in [0.25, 0.3) is 0 Å². The molecule has 1 aromatic carbocycles. The van der Waals surface area contributed by atoms with Crippen molar-refractivity contribution in [2.24, 2.45) is 17.3 Å². The van der Waals surface area contributed by atoms with Gasteiger partial charge >= 0.3 is 17.9 Å². The summed E-state index contributed by atoms with van der Waals surface area (Å²) in [7, 11) is 0. The number of rotatable bonds is 4. The zero-order chi connectivity index (χ0) is 30.0. The largest absolute Gasteiger partial charge is 0.462 e. The highest BCUT2D eigenvalue weighted by atomic mass is 16.6. The fourth-order valence-corrected chi connectivity index (χ4v) is 5.73. The van der Waals surface area contributed by atoms with Crippen LogP contribution in [-0.2, 0) is 28.6 Å². The number of aliphatic hydroxyl groups is 2. The van der Waals surface area contributed by atoms with Gasteiger partial charge in [-0.25, -0.2) is 4.79 Å². The summed E-state index contributed by atoms with van der Waals surface area (Å²) in [4.78, 5) is 51.6. The summed E-state index contributed by atoms with van der Waals surface area (Å²) < 4.78 is 17.3. The molecule has 1 aromatic rings. The maximum absolute atomic E-state index is 14.2. The Labute approximate surface area is 235 Å². The lowest BCUT2D eigenvalue weighted by molar-refractivity contribution is -0.168. The van der Waals surface area contributed by atoms with Crippen LogP contribution in [0.25, 0.3) is 0 Å². The van der Waals surface area contributed by atoms with E-state index < -0.39 is 71.0 Å². The lowest BCUT2D eigenvalue weighted by Gasteiger charge is -2.39. The second-order valence-corrected chi connectivity index (χ2v) is 11.6. The fraction of sp³-hybridized carbons (Fsp3) is 0.548. The van der Waals surface area contributed by atoms with Gasteiger partial charge in [-0.1, -0.05) is 45.0 Å². The van der Waals surface area contributed by atoms with Gasteiger partial charge in [-0.3, -0.25) is 14.4 Å². The summed E-state index contributed by atoms with van der Waals surface area (Å²) in [5.74, 6) is -3.76. The molecule has 2 aliphatic carbocycles. The summed E-state index contributed by atoms with van der Waals surface area (Å²) in [5, 5.41) is 22.4. The Morgan fingerprint density at radius 2 is 1.57 bits per heavy atom. The molecule has 9 heteroatoms. The molecule has 0 radical (unpaired) electrons. The van der Waals surface area contributed by atoms with E-state index in [-0.39, 0.29) is 18.4 Å². The van der Waals surface area contributed by atoms with E-state index in [1.54, 1.807) is 64.1 Å². The minimum atomic E-state index is -1.74. The third kappa shape index (κ3) is 6.36. The van der Waals surface area contributed by atoms with Gasteiger partial charge in [-0.05, 0) is 49.1 Å². The van der Waals surface area contributed by atoms with Crippen LogP contribution in [0.3, 0.4) is 0 Å². The molecule has 2 aliphatic rings. The average Bonchev–Trinajstić information content (AvgIpc) is 3.12. The molecule has 0 spiro atoms. The first kappa shape index (κ1) is 31.2. The number of fused-ring (bicyclic) bond motifs is 1. The normalized spacial score (nSPS) is 35.0. The smallest absolute Gasteiger partial charge is 0.338 e. The topological polar surface area (TPSA) is 136 Å². The predicted molar refractivity (Wildman–Crippen MR) is 146 cm³/mol. The van der Waals surface area contributed by atoms with Gasteiger partial charge in [0.15, 0.2) is 5.60 Å². The summed E-state index contributed by atoms with van der Waals surface area (Å²) >= 11 is 0. The molecule has 3 rings (SSSR count). The van der Waals surface area contributed by atoms with Crippen molar-refractivity contribution < 1.29 is 43.6 Å². The van der Waals surface area contributed by atoms with E-state index >= 15 is 0 Å². The van der Waals surface area contributed by atoms with E-state index in [9.17, 15) is 29.4 Å². The van der Waals surface area contributed by atoms with E-state index in [2.05, 4.69) is 0 Å². The Morgan fingerprint density at radius 3 is 2.15 bits per heavy atom. The number of aliphatic hydroxyl groups excluding tert-OH is 2. The minimum absolute atomic E-state index is 0.0376. The van der Waals surface area contributed by atoms with Crippen LogP contribution in [0.5, 0.6) is 0 Å². The van der Waals surface area contributed by atoms with Crippen LogP contribution < -0.4 is 0 Å². The number of esters is 3. The summed E-state index contributed by atoms with van der Waals surface area (Å²) in [6, 6.07) is 8.41. The van der Waals surface area contributed by atoms with Crippen LogP contribution in [0.1, 0.15) is 71.7 Å². The minimum Gasteiger partial charge on any atom is -0.462 e. The number of hydrogen-bond donors (Lipinski definition) is 2. The Morgan fingerprint density at radius 1 is 0.950 bits per heavy atom. The SMILES string of the molecule is CC(=O)O[C@@H]1C[C@@H](O)/C(C)=C/[C@H]2[C@@H](OC(=O)c3ccccc3)[C@H](C)C[C@]2(OC(C)=O)C(=O)/C(C)=C/[C@H](O)C1(C)C. The van der Waals surface area contributed by atoms with Gasteiger partial charge < -0.3 is 24.4 Å². The lowest BCUT2D eigenvalue weighted by Crippen LogP contribution is -2.50. The third-order valence-electron chi connectivity index (χ3n) is 8.11. The highest BCUT2D eigenvalue weighted by molar-refractivity contribution is 6.03. The molecule has 2 N–H and O–H groups in total. The van der Waals surface area contributed by atoms with Crippen LogP contribution in [0.4, 0.5) is 0 Å². The molecule has 7 atom stereocenters. The molecule has 0 amide bonds. The van der Waals surface area contributed by atoms with Gasteiger partial charge in [0.2, 0.25) is 5.78 Å². The first-order valence-corrected chi connectivity index (χ1v) is 13.5. The maximum atomic E-state index is 14.2. The quantitative estimate of drug-likeness (QED) is 0.323. The van der Waals surface area contributed by atoms with Crippen molar-refractivity contribution in [3.8, 4) is 0 Å². The van der Waals surface area contributed by atoms with Crippen molar-refractivity contribution in [2.75, 3.05) is 0 Å². The van der Waals surface area contributed by atoms with Crippen LogP contribution in [0.15, 0.2) is 53.6 Å². The second kappa shape index (κ2) is 12.1. The van der Waals surface area contributed by atoms with Crippen molar-refractivity contribution in [1.29, 1.82) is 0 Å². The van der Waals surface area contributed by atoms with Crippen LogP contribution >= 0.6 is 0 Å². The molecule has 40 heavy (non-hydrogen) atoms. The van der Waals surface area contributed by atoms with Crippen LogP contribution in [-0.4, -0.2) is 63.9 Å². The molecule has 1 saturated carbocycles. The lowest BCUT2D eigenvalue weighted by atomic mass is 9.74. The Kier molecular flexibility index (Phi) is 9.42. The van der Waals surface area contributed by atoms with Crippen molar-refractivity contribution in [3.63, 3.8) is 0 Å². The third-order valence-corrected chi connectivity index (χ3v) is 8.11. The van der Waals surface area contributed by atoms with Gasteiger partial charge in [0.1, 0.15) is 12.2 Å². The molecule has 218 valence electrons. The number of carbonyl (C=O) groups excluding carboxylic acids is 4. The number of Topliss-reactive ketones (excluding diaryl/α,β-unsaturated/α-hetero) is 1. The van der Waals surface area contributed by atoms with E-state index in [0.717, 1.165) is 0 Å². The number of hydrogen-bond acceptors (Lipinski definition) is 9. The number of carbonyl (C=O) groups is 4. The molecule has 0 bridgehead atoms. The Bertz CT molecular complexity index is 1200. The molecule has 0 unspecified atom stereocenters. The number of ketones is 1. The van der Waals surface area contributed by atoms with E-state index in [4.69, 9.17) is 14.2 Å². The van der Waals surface area contributed by atoms with Crippen molar-refractivity contribution >= 4 is 23.7 Å². The average molecular weight is 557 g/mol. The van der Waals surface area contributed by atoms with Gasteiger partial charge in [-0.15, -0.1) is 0 Å². The monoisotopic (exact) mass is 556 g/mol. The summed E-state index contributed by atoms with van der Waals surface area (Å²) in [6.45, 7) is 10.8. The molecule has 9 nitrogen and oxygen atoms in total. The van der Waals surface area contributed by atoms with Gasteiger partial charge in [0, 0.05) is 32.1 Å². The van der Waals surface area contributed by atoms with E-state index in [0.29, 0.717) is 11.1 Å². The van der Waals surface area contributed by atoms with Crippen molar-refractivity contribution in [3.05, 3.63) is 59.2 Å². The molecule has 0 aromatic heterocycles. The standard InChI is InChI=1S/C31H40O9/c1-17-13-23-27(39-29(37)22-11-9-8-10-12-22)19(3)16-31(23,40-21(5)33)28(36)18(2)14-25(35)30(6,7)26(15-24(17)34)38-20(4)32/h8-14,19,23-27,34-35H,15-16H2,1-7H3/b17-13+,18-14+/t19-,23+,24-,25+,26-,27+,31-/m1/s1. The van der Waals surface area contributed by atoms with Crippen molar-refractivity contribution in [1.82, 2.24) is 0 Å². The summed E-state index contributed by atoms with van der Waals surface area (Å²) in [5.41, 5.74) is -1.95. The summed E-state index contributed by atoms with van der Waals surface area (Å²) in [6.07, 6.45) is -1.17. The number of benzene rings is 1.